The molecule has 1 atom stereocenters. The van der Waals surface area contributed by atoms with Gasteiger partial charge in [0, 0.05) is 19.3 Å². The van der Waals surface area contributed by atoms with E-state index >= 15 is 0 Å². The highest BCUT2D eigenvalue weighted by Crippen LogP contribution is 2.09. The molecule has 0 bridgehead atoms. The van der Waals surface area contributed by atoms with Crippen LogP contribution in [0, 0.1) is 0 Å². The number of aryl methyl sites for hydroxylation is 1. The Kier molecular flexibility index (Phi) is 4.90. The van der Waals surface area contributed by atoms with Crippen molar-refractivity contribution in [3.63, 3.8) is 0 Å². The van der Waals surface area contributed by atoms with Crippen molar-refractivity contribution >= 4 is 0 Å². The molecule has 1 N–H and O–H groups in total. The maximum atomic E-state index is 5.04. The van der Waals surface area contributed by atoms with Gasteiger partial charge in [0.25, 0.3) is 0 Å². The van der Waals surface area contributed by atoms with Crippen LogP contribution in [0.2, 0.25) is 0 Å². The van der Waals surface area contributed by atoms with Crippen molar-refractivity contribution in [3.05, 3.63) is 30.8 Å². The summed E-state index contributed by atoms with van der Waals surface area (Å²) >= 11 is 0. The van der Waals surface area contributed by atoms with E-state index in [9.17, 15) is 0 Å². The molecule has 1 rings (SSSR count). The first-order valence-electron chi connectivity index (χ1n) is 5.19. The predicted octanol–water partition coefficient (Wildman–Crippen LogP) is 1.62. The molecule has 0 aliphatic heterocycles. The third-order valence-corrected chi connectivity index (χ3v) is 2.31. The minimum absolute atomic E-state index is 0.321. The fourth-order valence-corrected chi connectivity index (χ4v) is 1.47. The molecule has 1 aromatic rings. The Hall–Kier alpha value is -1.29. The molecule has 0 saturated heterocycles. The minimum Gasteiger partial charge on any atom is -0.502 e. The van der Waals surface area contributed by atoms with Crippen LogP contribution in [0.1, 0.15) is 25.1 Å². The van der Waals surface area contributed by atoms with Crippen molar-refractivity contribution in [2.45, 2.75) is 19.4 Å². The molecular formula is C11H19N3O. The van der Waals surface area contributed by atoms with Crippen LogP contribution in [0.4, 0.5) is 0 Å². The Morgan fingerprint density at radius 2 is 2.53 bits per heavy atom. The van der Waals surface area contributed by atoms with E-state index in [0.29, 0.717) is 12.6 Å². The van der Waals surface area contributed by atoms with E-state index in [0.717, 1.165) is 13.0 Å². The lowest BCUT2D eigenvalue weighted by atomic mass is 10.2. The van der Waals surface area contributed by atoms with E-state index in [1.807, 2.05) is 24.0 Å². The molecule has 1 heterocycles. The van der Waals surface area contributed by atoms with Gasteiger partial charge in [-0.05, 0) is 26.0 Å². The highest BCUT2D eigenvalue weighted by atomic mass is 16.5. The van der Waals surface area contributed by atoms with Gasteiger partial charge in [-0.2, -0.15) is 5.10 Å². The number of aromatic nitrogens is 2. The summed E-state index contributed by atoms with van der Waals surface area (Å²) in [7, 11) is 1.95. The Balaban J connectivity index is 2.22. The SMILES string of the molecule is C=COCCCNC(C)c1ccnn1C. The second-order valence-electron chi connectivity index (χ2n) is 3.45. The first kappa shape index (κ1) is 11.8. The lowest BCUT2D eigenvalue weighted by Crippen LogP contribution is -2.22. The second kappa shape index (κ2) is 6.24. The largest absolute Gasteiger partial charge is 0.502 e. The number of nitrogens with zero attached hydrogens (tertiary/aromatic N) is 2. The van der Waals surface area contributed by atoms with Crippen LogP contribution >= 0.6 is 0 Å². The first-order valence-corrected chi connectivity index (χ1v) is 5.19. The van der Waals surface area contributed by atoms with Crippen LogP contribution in [-0.2, 0) is 11.8 Å². The topological polar surface area (TPSA) is 39.1 Å². The fourth-order valence-electron chi connectivity index (χ4n) is 1.47. The monoisotopic (exact) mass is 209 g/mol. The zero-order valence-electron chi connectivity index (χ0n) is 9.44. The van der Waals surface area contributed by atoms with Crippen molar-refractivity contribution in [1.82, 2.24) is 15.1 Å². The Morgan fingerprint density at radius 3 is 3.13 bits per heavy atom. The van der Waals surface area contributed by atoms with Gasteiger partial charge in [0.15, 0.2) is 0 Å². The molecule has 0 aliphatic rings. The van der Waals surface area contributed by atoms with E-state index in [1.54, 1.807) is 0 Å². The van der Waals surface area contributed by atoms with E-state index < -0.39 is 0 Å². The van der Waals surface area contributed by atoms with Gasteiger partial charge in [-0.3, -0.25) is 4.68 Å². The van der Waals surface area contributed by atoms with Gasteiger partial charge in [-0.1, -0.05) is 6.58 Å². The molecule has 84 valence electrons. The van der Waals surface area contributed by atoms with Gasteiger partial charge < -0.3 is 10.1 Å². The van der Waals surface area contributed by atoms with E-state index in [-0.39, 0.29) is 0 Å². The number of hydrogen-bond donors (Lipinski definition) is 1. The minimum atomic E-state index is 0.321. The number of nitrogens with one attached hydrogen (secondary N) is 1. The van der Waals surface area contributed by atoms with Crippen molar-refractivity contribution in [2.24, 2.45) is 7.05 Å². The molecule has 0 spiro atoms. The molecule has 0 aliphatic carbocycles. The summed E-state index contributed by atoms with van der Waals surface area (Å²) in [5.74, 6) is 0. The Bertz CT molecular complexity index is 296. The molecule has 1 unspecified atom stereocenters. The highest BCUT2D eigenvalue weighted by molar-refractivity contribution is 5.04. The molecule has 0 saturated carbocycles. The maximum absolute atomic E-state index is 5.04. The van der Waals surface area contributed by atoms with E-state index in [1.165, 1.54) is 12.0 Å². The van der Waals surface area contributed by atoms with Gasteiger partial charge in [0.2, 0.25) is 0 Å². The van der Waals surface area contributed by atoms with Crippen molar-refractivity contribution in [3.8, 4) is 0 Å². The van der Waals surface area contributed by atoms with E-state index in [2.05, 4.69) is 23.9 Å². The summed E-state index contributed by atoms with van der Waals surface area (Å²) in [6.07, 6.45) is 4.27. The van der Waals surface area contributed by atoms with Gasteiger partial charge >= 0.3 is 0 Å². The third-order valence-electron chi connectivity index (χ3n) is 2.31. The third kappa shape index (κ3) is 3.75. The summed E-state index contributed by atoms with van der Waals surface area (Å²) < 4.78 is 6.92. The Labute approximate surface area is 90.9 Å². The van der Waals surface area contributed by atoms with Gasteiger partial charge in [-0.25, -0.2) is 0 Å². The molecule has 0 aromatic carbocycles. The zero-order chi connectivity index (χ0) is 11.1. The summed E-state index contributed by atoms with van der Waals surface area (Å²) in [6, 6.07) is 2.35. The number of ether oxygens (including phenoxy) is 1. The van der Waals surface area contributed by atoms with Crippen LogP contribution in [-0.4, -0.2) is 22.9 Å². The van der Waals surface area contributed by atoms with Crippen molar-refractivity contribution in [2.75, 3.05) is 13.2 Å². The lowest BCUT2D eigenvalue weighted by Gasteiger charge is -2.13. The van der Waals surface area contributed by atoms with Crippen LogP contribution in [0.15, 0.2) is 25.1 Å². The zero-order valence-corrected chi connectivity index (χ0v) is 9.44. The van der Waals surface area contributed by atoms with Crippen LogP contribution in [0.5, 0.6) is 0 Å². The molecule has 0 radical (unpaired) electrons. The molecule has 1 aromatic heterocycles. The first-order chi connectivity index (χ1) is 7.25. The summed E-state index contributed by atoms with van der Waals surface area (Å²) in [5.41, 5.74) is 1.19. The molecule has 4 heteroatoms. The van der Waals surface area contributed by atoms with Gasteiger partial charge in [0.05, 0.1) is 18.6 Å². The quantitative estimate of drug-likeness (QED) is 0.548. The smallest absolute Gasteiger partial charge is 0.0885 e. The second-order valence-corrected chi connectivity index (χ2v) is 3.45. The maximum Gasteiger partial charge on any atom is 0.0885 e. The van der Waals surface area contributed by atoms with Crippen LogP contribution in [0.25, 0.3) is 0 Å². The molecule has 15 heavy (non-hydrogen) atoms. The summed E-state index contributed by atoms with van der Waals surface area (Å²) in [6.45, 7) is 7.27. The van der Waals surface area contributed by atoms with E-state index in [4.69, 9.17) is 4.74 Å². The van der Waals surface area contributed by atoms with Gasteiger partial charge in [0.1, 0.15) is 0 Å². The molecule has 4 nitrogen and oxygen atoms in total. The predicted molar refractivity (Wildman–Crippen MR) is 60.4 cm³/mol. The van der Waals surface area contributed by atoms with Crippen molar-refractivity contribution in [1.29, 1.82) is 0 Å². The highest BCUT2D eigenvalue weighted by Gasteiger charge is 2.07. The van der Waals surface area contributed by atoms with Crippen molar-refractivity contribution < 1.29 is 4.74 Å². The number of hydrogen-bond acceptors (Lipinski definition) is 3. The summed E-state index contributed by atoms with van der Waals surface area (Å²) in [4.78, 5) is 0. The number of rotatable bonds is 7. The van der Waals surface area contributed by atoms with Crippen LogP contribution < -0.4 is 5.32 Å². The molecule has 0 amide bonds. The molecule has 0 fully saturated rings. The average Bonchev–Trinajstić information content (AvgIpc) is 2.64. The average molecular weight is 209 g/mol. The lowest BCUT2D eigenvalue weighted by molar-refractivity contribution is 0.243. The summed E-state index contributed by atoms with van der Waals surface area (Å²) in [5, 5.41) is 7.54. The van der Waals surface area contributed by atoms with Crippen LogP contribution in [0.3, 0.4) is 0 Å². The van der Waals surface area contributed by atoms with Gasteiger partial charge in [-0.15, -0.1) is 0 Å². The molecular weight excluding hydrogens is 190 g/mol. The normalized spacial score (nSPS) is 12.4. The Morgan fingerprint density at radius 1 is 1.73 bits per heavy atom. The fraction of sp³-hybridized carbons (Fsp3) is 0.545. The standard InChI is InChI=1S/C11H19N3O/c1-4-15-9-5-7-12-10(2)11-6-8-13-14(11)3/h4,6,8,10,12H,1,5,7,9H2,2-3H3.